The van der Waals surface area contributed by atoms with Crippen molar-refractivity contribution >= 4 is 0 Å². The lowest BCUT2D eigenvalue weighted by Crippen LogP contribution is -2.33. The van der Waals surface area contributed by atoms with Crippen LogP contribution in [0.4, 0.5) is 0 Å². The molecule has 0 aromatic carbocycles. The minimum Gasteiger partial charge on any atom is -0.396 e. The molecule has 0 aromatic rings. The summed E-state index contributed by atoms with van der Waals surface area (Å²) < 4.78 is 0. The van der Waals surface area contributed by atoms with Crippen LogP contribution in [0.1, 0.15) is 59.3 Å². The van der Waals surface area contributed by atoms with Gasteiger partial charge in [0.05, 0.1) is 0 Å². The predicted octanol–water partition coefficient (Wildman–Crippen LogP) is 2.95. The molecule has 2 N–H and O–H groups in total. The van der Waals surface area contributed by atoms with Crippen molar-refractivity contribution in [1.29, 1.82) is 0 Å². The van der Waals surface area contributed by atoms with E-state index in [1.54, 1.807) is 0 Å². The van der Waals surface area contributed by atoms with Crippen LogP contribution in [0.5, 0.6) is 0 Å². The maximum absolute atomic E-state index is 8.89. The SMILES string of the molecule is CCCCC(CC)CNC(CC)CCO. The van der Waals surface area contributed by atoms with Gasteiger partial charge in [-0.15, -0.1) is 0 Å². The molecule has 2 heteroatoms. The highest BCUT2D eigenvalue weighted by atomic mass is 16.3. The molecule has 0 aliphatic heterocycles. The summed E-state index contributed by atoms with van der Waals surface area (Å²) in [6, 6.07) is 0.505. The van der Waals surface area contributed by atoms with E-state index >= 15 is 0 Å². The summed E-state index contributed by atoms with van der Waals surface area (Å²) in [4.78, 5) is 0. The Morgan fingerprint density at radius 3 is 2.27 bits per heavy atom. The van der Waals surface area contributed by atoms with Gasteiger partial charge < -0.3 is 10.4 Å². The van der Waals surface area contributed by atoms with Crippen LogP contribution in [0.15, 0.2) is 0 Å². The number of nitrogens with one attached hydrogen (secondary N) is 1. The average Bonchev–Trinajstić information content (AvgIpc) is 2.27. The molecular weight excluding hydrogens is 186 g/mol. The van der Waals surface area contributed by atoms with E-state index in [4.69, 9.17) is 5.11 Å². The van der Waals surface area contributed by atoms with Gasteiger partial charge in [-0.25, -0.2) is 0 Å². The molecule has 92 valence electrons. The van der Waals surface area contributed by atoms with Crippen LogP contribution in [-0.4, -0.2) is 24.3 Å². The van der Waals surface area contributed by atoms with Crippen LogP contribution in [0.2, 0.25) is 0 Å². The van der Waals surface area contributed by atoms with Gasteiger partial charge in [0.1, 0.15) is 0 Å². The van der Waals surface area contributed by atoms with E-state index in [-0.39, 0.29) is 0 Å². The van der Waals surface area contributed by atoms with E-state index in [0.29, 0.717) is 12.6 Å². The summed E-state index contributed by atoms with van der Waals surface area (Å²) in [7, 11) is 0. The molecule has 0 rings (SSSR count). The van der Waals surface area contributed by atoms with E-state index in [1.807, 2.05) is 0 Å². The summed E-state index contributed by atoms with van der Waals surface area (Å²) in [5.41, 5.74) is 0. The van der Waals surface area contributed by atoms with Gasteiger partial charge >= 0.3 is 0 Å². The van der Waals surface area contributed by atoms with Gasteiger partial charge in [0.2, 0.25) is 0 Å². The first kappa shape index (κ1) is 14.9. The molecule has 0 aliphatic rings. The van der Waals surface area contributed by atoms with Crippen LogP contribution in [-0.2, 0) is 0 Å². The molecule has 0 saturated carbocycles. The van der Waals surface area contributed by atoms with Crippen molar-refractivity contribution in [2.75, 3.05) is 13.2 Å². The number of hydrogen-bond donors (Lipinski definition) is 2. The zero-order valence-electron chi connectivity index (χ0n) is 10.8. The number of unbranched alkanes of at least 4 members (excludes halogenated alkanes) is 1. The smallest absolute Gasteiger partial charge is 0.0445 e. The molecule has 0 fully saturated rings. The average molecular weight is 215 g/mol. The molecule has 15 heavy (non-hydrogen) atoms. The van der Waals surface area contributed by atoms with Crippen LogP contribution < -0.4 is 5.32 Å². The van der Waals surface area contributed by atoms with Gasteiger partial charge in [0.25, 0.3) is 0 Å². The molecule has 0 spiro atoms. The molecule has 0 amide bonds. The summed E-state index contributed by atoms with van der Waals surface area (Å²) in [6.45, 7) is 8.13. The second-order valence-corrected chi connectivity index (χ2v) is 4.44. The Morgan fingerprint density at radius 1 is 1.07 bits per heavy atom. The third-order valence-corrected chi connectivity index (χ3v) is 3.21. The second kappa shape index (κ2) is 10.4. The van der Waals surface area contributed by atoms with Crippen molar-refractivity contribution in [3.8, 4) is 0 Å². The van der Waals surface area contributed by atoms with Crippen LogP contribution >= 0.6 is 0 Å². The van der Waals surface area contributed by atoms with Crippen LogP contribution in [0.3, 0.4) is 0 Å². The Balaban J connectivity index is 3.66. The Morgan fingerprint density at radius 2 is 1.80 bits per heavy atom. The molecule has 0 saturated heterocycles. The summed E-state index contributed by atoms with van der Waals surface area (Å²) >= 11 is 0. The number of hydrogen-bond acceptors (Lipinski definition) is 2. The van der Waals surface area contributed by atoms with Crippen LogP contribution in [0, 0.1) is 5.92 Å². The van der Waals surface area contributed by atoms with Gasteiger partial charge in [0, 0.05) is 12.6 Å². The highest BCUT2D eigenvalue weighted by molar-refractivity contribution is 4.68. The first-order chi connectivity index (χ1) is 7.28. The normalized spacial score (nSPS) is 15.2. The Labute approximate surface area is 95.5 Å². The fourth-order valence-corrected chi connectivity index (χ4v) is 1.88. The van der Waals surface area contributed by atoms with Gasteiger partial charge in [-0.1, -0.05) is 40.0 Å². The summed E-state index contributed by atoms with van der Waals surface area (Å²) in [5.74, 6) is 0.817. The van der Waals surface area contributed by atoms with E-state index in [2.05, 4.69) is 26.1 Å². The van der Waals surface area contributed by atoms with Crippen molar-refractivity contribution in [2.45, 2.75) is 65.3 Å². The lowest BCUT2D eigenvalue weighted by molar-refractivity contribution is 0.257. The standard InChI is InChI=1S/C13H29NO/c1-4-7-8-12(5-2)11-14-13(6-3)9-10-15/h12-15H,4-11H2,1-3H3. The molecule has 0 radical (unpaired) electrons. The maximum atomic E-state index is 8.89. The molecule has 2 nitrogen and oxygen atoms in total. The zero-order valence-corrected chi connectivity index (χ0v) is 10.8. The molecular formula is C13H29NO. The molecule has 2 atom stereocenters. The minimum atomic E-state index is 0.303. The van der Waals surface area contributed by atoms with E-state index in [1.165, 1.54) is 25.7 Å². The number of rotatable bonds is 10. The largest absolute Gasteiger partial charge is 0.396 e. The Kier molecular flexibility index (Phi) is 10.4. The van der Waals surface area contributed by atoms with E-state index < -0.39 is 0 Å². The van der Waals surface area contributed by atoms with E-state index in [9.17, 15) is 0 Å². The summed E-state index contributed by atoms with van der Waals surface area (Å²) in [5, 5.41) is 12.5. The molecule has 2 unspecified atom stereocenters. The number of aliphatic hydroxyl groups is 1. The molecule has 0 heterocycles. The number of aliphatic hydroxyl groups excluding tert-OH is 1. The third kappa shape index (κ3) is 7.80. The van der Waals surface area contributed by atoms with Gasteiger partial charge in [0.15, 0.2) is 0 Å². The lowest BCUT2D eigenvalue weighted by atomic mass is 9.98. The maximum Gasteiger partial charge on any atom is 0.0445 e. The Hall–Kier alpha value is -0.0800. The fourth-order valence-electron chi connectivity index (χ4n) is 1.88. The quantitative estimate of drug-likeness (QED) is 0.587. The van der Waals surface area contributed by atoms with Crippen molar-refractivity contribution < 1.29 is 5.11 Å². The summed E-state index contributed by atoms with van der Waals surface area (Å²) in [6.07, 6.45) is 7.25. The highest BCUT2D eigenvalue weighted by Crippen LogP contribution is 2.12. The highest BCUT2D eigenvalue weighted by Gasteiger charge is 2.09. The van der Waals surface area contributed by atoms with Gasteiger partial charge in [-0.2, -0.15) is 0 Å². The van der Waals surface area contributed by atoms with Gasteiger partial charge in [-0.05, 0) is 31.7 Å². The lowest BCUT2D eigenvalue weighted by Gasteiger charge is -2.20. The predicted molar refractivity (Wildman–Crippen MR) is 67.1 cm³/mol. The molecule has 0 aliphatic carbocycles. The van der Waals surface area contributed by atoms with Crippen molar-refractivity contribution in [1.82, 2.24) is 5.32 Å². The van der Waals surface area contributed by atoms with Crippen LogP contribution in [0.25, 0.3) is 0 Å². The van der Waals surface area contributed by atoms with Crippen molar-refractivity contribution in [3.63, 3.8) is 0 Å². The topological polar surface area (TPSA) is 32.3 Å². The monoisotopic (exact) mass is 215 g/mol. The minimum absolute atomic E-state index is 0.303. The molecule has 0 bridgehead atoms. The van der Waals surface area contributed by atoms with Crippen molar-refractivity contribution in [3.05, 3.63) is 0 Å². The van der Waals surface area contributed by atoms with Crippen molar-refractivity contribution in [2.24, 2.45) is 5.92 Å². The third-order valence-electron chi connectivity index (χ3n) is 3.21. The second-order valence-electron chi connectivity index (χ2n) is 4.44. The van der Waals surface area contributed by atoms with E-state index in [0.717, 1.165) is 25.3 Å². The van der Waals surface area contributed by atoms with Gasteiger partial charge in [-0.3, -0.25) is 0 Å². The fraction of sp³-hybridized carbons (Fsp3) is 1.00. The first-order valence-corrected chi connectivity index (χ1v) is 6.62. The Bertz CT molecular complexity index is 128. The molecule has 0 aromatic heterocycles. The first-order valence-electron chi connectivity index (χ1n) is 6.62. The zero-order chi connectivity index (χ0) is 11.5.